The van der Waals surface area contributed by atoms with Crippen LogP contribution in [0.25, 0.3) is 0 Å². The van der Waals surface area contributed by atoms with Crippen LogP contribution in [0.4, 0.5) is 0 Å². The van der Waals surface area contributed by atoms with Gasteiger partial charge in [-0.2, -0.15) is 0 Å². The number of aliphatic hydroxyl groups is 1. The van der Waals surface area contributed by atoms with Crippen LogP contribution in [-0.2, 0) is 25.7 Å². The van der Waals surface area contributed by atoms with Crippen LogP contribution in [0.3, 0.4) is 0 Å². The summed E-state index contributed by atoms with van der Waals surface area (Å²) in [4.78, 5) is 23.9. The number of carbonyl (C=O) groups excluding carboxylic acids is 2. The standard InChI is InChI=1S/C20H28O5/c1-20(2,3)25-19(23)11-15-9-16(17(21)10-15)12-18(22)24-13-14-7-5-4-6-8-14/h4-8,15-17,21H,9-13H2,1-3H3/t15-,16+,17?/m1/s1. The van der Waals surface area contributed by atoms with Gasteiger partial charge in [-0.05, 0) is 51.0 Å². The van der Waals surface area contributed by atoms with Crippen molar-refractivity contribution in [1.82, 2.24) is 0 Å². The Labute approximate surface area is 149 Å². The average molecular weight is 348 g/mol. The highest BCUT2D eigenvalue weighted by Gasteiger charge is 2.36. The van der Waals surface area contributed by atoms with Crippen LogP contribution in [0.5, 0.6) is 0 Å². The minimum atomic E-state index is -0.572. The Morgan fingerprint density at radius 2 is 1.76 bits per heavy atom. The highest BCUT2D eigenvalue weighted by atomic mass is 16.6. The van der Waals surface area contributed by atoms with Gasteiger partial charge < -0.3 is 14.6 Å². The van der Waals surface area contributed by atoms with Gasteiger partial charge in [0.15, 0.2) is 0 Å². The zero-order chi connectivity index (χ0) is 18.4. The maximum atomic E-state index is 12.0. The zero-order valence-corrected chi connectivity index (χ0v) is 15.2. The Balaban J connectivity index is 1.75. The fourth-order valence-corrected chi connectivity index (χ4v) is 3.23. The molecule has 0 bridgehead atoms. The average Bonchev–Trinajstić information content (AvgIpc) is 2.83. The Kier molecular flexibility index (Phi) is 6.59. The van der Waals surface area contributed by atoms with Crippen LogP contribution in [-0.4, -0.2) is 28.8 Å². The van der Waals surface area contributed by atoms with Crippen molar-refractivity contribution in [2.75, 3.05) is 0 Å². The van der Waals surface area contributed by atoms with Crippen molar-refractivity contribution in [2.45, 2.75) is 64.8 Å². The van der Waals surface area contributed by atoms with Crippen LogP contribution < -0.4 is 0 Å². The summed E-state index contributed by atoms with van der Waals surface area (Å²) in [5, 5.41) is 10.2. The van der Waals surface area contributed by atoms with E-state index in [4.69, 9.17) is 9.47 Å². The molecule has 0 spiro atoms. The minimum absolute atomic E-state index is 0.0526. The molecule has 0 saturated heterocycles. The molecule has 1 N–H and O–H groups in total. The van der Waals surface area contributed by atoms with Gasteiger partial charge in [0.05, 0.1) is 12.5 Å². The van der Waals surface area contributed by atoms with Crippen LogP contribution in [0, 0.1) is 11.8 Å². The quantitative estimate of drug-likeness (QED) is 0.799. The molecule has 1 saturated carbocycles. The van der Waals surface area contributed by atoms with Crippen molar-refractivity contribution >= 4 is 11.9 Å². The van der Waals surface area contributed by atoms with Crippen LogP contribution in [0.2, 0.25) is 0 Å². The number of benzene rings is 1. The molecular weight excluding hydrogens is 320 g/mol. The molecule has 1 unspecified atom stereocenters. The molecule has 2 rings (SSSR count). The molecule has 0 aliphatic heterocycles. The smallest absolute Gasteiger partial charge is 0.306 e. The third-order valence-corrected chi connectivity index (χ3v) is 4.30. The summed E-state index contributed by atoms with van der Waals surface area (Å²) in [5.41, 5.74) is 0.431. The second-order valence-corrected chi connectivity index (χ2v) is 7.81. The van der Waals surface area contributed by atoms with Gasteiger partial charge >= 0.3 is 11.9 Å². The van der Waals surface area contributed by atoms with E-state index in [1.165, 1.54) is 0 Å². The van der Waals surface area contributed by atoms with Gasteiger partial charge in [-0.15, -0.1) is 0 Å². The summed E-state index contributed by atoms with van der Waals surface area (Å²) in [7, 11) is 0. The summed E-state index contributed by atoms with van der Waals surface area (Å²) >= 11 is 0. The topological polar surface area (TPSA) is 72.8 Å². The Bertz CT molecular complexity index is 575. The lowest BCUT2D eigenvalue weighted by Crippen LogP contribution is -2.25. The maximum Gasteiger partial charge on any atom is 0.306 e. The molecule has 1 fully saturated rings. The molecule has 0 amide bonds. The highest BCUT2D eigenvalue weighted by molar-refractivity contribution is 5.71. The van der Waals surface area contributed by atoms with E-state index in [0.717, 1.165) is 5.56 Å². The predicted molar refractivity (Wildman–Crippen MR) is 93.5 cm³/mol. The van der Waals surface area contributed by atoms with E-state index in [-0.39, 0.29) is 43.2 Å². The summed E-state index contributed by atoms with van der Waals surface area (Å²) in [6.45, 7) is 5.74. The number of carbonyl (C=O) groups is 2. The number of aliphatic hydroxyl groups excluding tert-OH is 1. The van der Waals surface area contributed by atoms with E-state index in [0.29, 0.717) is 12.8 Å². The van der Waals surface area contributed by atoms with Gasteiger partial charge in [0.25, 0.3) is 0 Å². The summed E-state index contributed by atoms with van der Waals surface area (Å²) in [6, 6.07) is 9.49. The predicted octanol–water partition coefficient (Wildman–Crippen LogP) is 3.24. The fraction of sp³-hybridized carbons (Fsp3) is 0.600. The molecule has 138 valence electrons. The molecule has 5 heteroatoms. The van der Waals surface area contributed by atoms with Gasteiger partial charge in [0, 0.05) is 6.42 Å². The highest BCUT2D eigenvalue weighted by Crippen LogP contribution is 2.36. The normalized spacial score (nSPS) is 23.3. The van der Waals surface area contributed by atoms with Gasteiger partial charge in [0.2, 0.25) is 0 Å². The third kappa shape index (κ3) is 6.86. The van der Waals surface area contributed by atoms with E-state index < -0.39 is 11.7 Å². The molecule has 5 nitrogen and oxygen atoms in total. The van der Waals surface area contributed by atoms with Crippen LogP contribution >= 0.6 is 0 Å². The first-order valence-corrected chi connectivity index (χ1v) is 8.82. The number of rotatable bonds is 6. The summed E-state index contributed by atoms with van der Waals surface area (Å²) in [6.07, 6.45) is 1.05. The van der Waals surface area contributed by atoms with Gasteiger partial charge in [-0.25, -0.2) is 0 Å². The van der Waals surface area contributed by atoms with Crippen molar-refractivity contribution < 1.29 is 24.2 Å². The lowest BCUT2D eigenvalue weighted by molar-refractivity contribution is -0.156. The monoisotopic (exact) mass is 348 g/mol. The lowest BCUT2D eigenvalue weighted by Gasteiger charge is -2.20. The van der Waals surface area contributed by atoms with Gasteiger partial charge in [-0.3, -0.25) is 9.59 Å². The van der Waals surface area contributed by atoms with E-state index in [2.05, 4.69) is 0 Å². The molecule has 1 aromatic carbocycles. The number of hydrogen-bond donors (Lipinski definition) is 1. The molecule has 3 atom stereocenters. The minimum Gasteiger partial charge on any atom is -0.461 e. The molecule has 0 aromatic heterocycles. The molecule has 1 aromatic rings. The summed E-state index contributed by atoms with van der Waals surface area (Å²) < 4.78 is 10.6. The lowest BCUT2D eigenvalue weighted by atomic mass is 9.99. The first kappa shape index (κ1) is 19.4. The van der Waals surface area contributed by atoms with E-state index in [9.17, 15) is 14.7 Å². The summed E-state index contributed by atoms with van der Waals surface area (Å²) in [5.74, 6) is -0.671. The first-order valence-electron chi connectivity index (χ1n) is 8.82. The van der Waals surface area contributed by atoms with Gasteiger partial charge in [0.1, 0.15) is 12.2 Å². The largest absolute Gasteiger partial charge is 0.461 e. The second-order valence-electron chi connectivity index (χ2n) is 7.81. The van der Waals surface area contributed by atoms with E-state index >= 15 is 0 Å². The number of ether oxygens (including phenoxy) is 2. The molecular formula is C20H28O5. The molecule has 1 aliphatic carbocycles. The fourth-order valence-electron chi connectivity index (χ4n) is 3.23. The Hall–Kier alpha value is -1.88. The first-order chi connectivity index (χ1) is 11.7. The van der Waals surface area contributed by atoms with E-state index in [1.54, 1.807) is 0 Å². The third-order valence-electron chi connectivity index (χ3n) is 4.30. The van der Waals surface area contributed by atoms with Crippen molar-refractivity contribution in [3.05, 3.63) is 35.9 Å². The zero-order valence-electron chi connectivity index (χ0n) is 15.2. The maximum absolute atomic E-state index is 12.0. The second kappa shape index (κ2) is 8.48. The van der Waals surface area contributed by atoms with Crippen molar-refractivity contribution in [3.63, 3.8) is 0 Å². The Morgan fingerprint density at radius 3 is 2.40 bits per heavy atom. The molecule has 0 heterocycles. The van der Waals surface area contributed by atoms with Gasteiger partial charge in [-0.1, -0.05) is 30.3 Å². The Morgan fingerprint density at radius 1 is 1.08 bits per heavy atom. The van der Waals surface area contributed by atoms with Crippen molar-refractivity contribution in [3.8, 4) is 0 Å². The SMILES string of the molecule is CC(C)(C)OC(=O)C[C@H]1CC(O)[C@H](CC(=O)OCc2ccccc2)C1. The molecule has 0 radical (unpaired) electrons. The van der Waals surface area contributed by atoms with Crippen LogP contribution in [0.15, 0.2) is 30.3 Å². The molecule has 1 aliphatic rings. The van der Waals surface area contributed by atoms with Crippen LogP contribution in [0.1, 0.15) is 52.0 Å². The van der Waals surface area contributed by atoms with Crippen molar-refractivity contribution in [1.29, 1.82) is 0 Å². The number of esters is 2. The number of hydrogen-bond acceptors (Lipinski definition) is 5. The van der Waals surface area contributed by atoms with Crippen molar-refractivity contribution in [2.24, 2.45) is 11.8 Å². The van der Waals surface area contributed by atoms with E-state index in [1.807, 2.05) is 51.1 Å². The molecule has 25 heavy (non-hydrogen) atoms.